The van der Waals surface area contributed by atoms with Gasteiger partial charge in [-0.3, -0.25) is 0 Å². The third-order valence-corrected chi connectivity index (χ3v) is 0. The SMILES string of the molecule is CC.CC.F[B-](F)(F)F.F[B-](F)(F)F.F[B-](F)(F)F. The Bertz CT molecular complexity index is 100.0. The first-order valence-corrected chi connectivity index (χ1v) is 4.62. The van der Waals surface area contributed by atoms with Crippen LogP contribution in [-0.2, 0) is 0 Å². The molecule has 0 aromatic rings. The highest BCUT2D eigenvalue weighted by atomic mass is 19.5. The zero-order chi connectivity index (χ0) is 17.5. The van der Waals surface area contributed by atoms with Crippen LogP contribution in [0.5, 0.6) is 0 Å². The molecule has 0 aliphatic rings. The molecule has 15 heteroatoms. The van der Waals surface area contributed by atoms with Crippen LogP contribution in [0.1, 0.15) is 27.7 Å². The Balaban J connectivity index is -0.0000000455. The van der Waals surface area contributed by atoms with Gasteiger partial charge >= 0.3 is 21.8 Å². The van der Waals surface area contributed by atoms with Gasteiger partial charge in [0.2, 0.25) is 0 Å². The molecule has 0 N–H and O–H groups in total. The molecule has 0 rings (SSSR count). The minimum atomic E-state index is -6.00. The van der Waals surface area contributed by atoms with E-state index in [9.17, 15) is 51.8 Å². The predicted molar refractivity (Wildman–Crippen MR) is 53.3 cm³/mol. The van der Waals surface area contributed by atoms with Gasteiger partial charge in [0.25, 0.3) is 0 Å². The van der Waals surface area contributed by atoms with Gasteiger partial charge in [-0.1, -0.05) is 27.7 Å². The van der Waals surface area contributed by atoms with Gasteiger partial charge in [0.1, 0.15) is 0 Å². The van der Waals surface area contributed by atoms with Crippen molar-refractivity contribution >= 4 is 21.8 Å². The number of hydrogen-bond donors (Lipinski definition) is 0. The molecule has 124 valence electrons. The molecule has 0 unspecified atom stereocenters. The fraction of sp³-hybridized carbons (Fsp3) is 1.00. The van der Waals surface area contributed by atoms with Crippen molar-refractivity contribution in [2.75, 3.05) is 0 Å². The minimum Gasteiger partial charge on any atom is -0.418 e. The van der Waals surface area contributed by atoms with E-state index in [0.29, 0.717) is 0 Å². The second kappa shape index (κ2) is 15.4. The van der Waals surface area contributed by atoms with Crippen LogP contribution < -0.4 is 0 Å². The summed E-state index contributed by atoms with van der Waals surface area (Å²) >= 11 is 0. The van der Waals surface area contributed by atoms with Crippen LogP contribution in [0.2, 0.25) is 0 Å². The third-order valence-electron chi connectivity index (χ3n) is 0. The summed E-state index contributed by atoms with van der Waals surface area (Å²) in [6.45, 7) is 8.00. The summed E-state index contributed by atoms with van der Waals surface area (Å²) in [5.41, 5.74) is 0. The standard InChI is InChI=1S/2C2H6.3BF4/c2*1-2;3*2-1(3,4)5/h2*1-2H3;;;/q;;3*-1. The summed E-state index contributed by atoms with van der Waals surface area (Å²) in [6, 6.07) is 0. The van der Waals surface area contributed by atoms with Crippen molar-refractivity contribution in [3.05, 3.63) is 0 Å². The highest BCUT2D eigenvalue weighted by molar-refractivity contribution is 6.50. The van der Waals surface area contributed by atoms with E-state index < -0.39 is 21.8 Å². The van der Waals surface area contributed by atoms with E-state index in [1.54, 1.807) is 0 Å². The van der Waals surface area contributed by atoms with Crippen LogP contribution >= 0.6 is 0 Å². The zero-order valence-electron chi connectivity index (χ0n) is 10.3. The van der Waals surface area contributed by atoms with Gasteiger partial charge in [0, 0.05) is 0 Å². The quantitative estimate of drug-likeness (QED) is 0.382. The third kappa shape index (κ3) is 9830. The van der Waals surface area contributed by atoms with Crippen molar-refractivity contribution < 1.29 is 51.8 Å². The fourth-order valence-electron chi connectivity index (χ4n) is 0. The van der Waals surface area contributed by atoms with Crippen LogP contribution in [0, 0.1) is 0 Å². The first-order chi connectivity index (χ1) is 8.00. The maximum Gasteiger partial charge on any atom is 0.673 e. The van der Waals surface area contributed by atoms with E-state index in [1.165, 1.54) is 0 Å². The van der Waals surface area contributed by atoms with E-state index in [1.807, 2.05) is 27.7 Å². The van der Waals surface area contributed by atoms with Gasteiger partial charge in [-0.15, -0.1) is 0 Å². The van der Waals surface area contributed by atoms with Gasteiger partial charge in [-0.05, 0) is 0 Å². The summed E-state index contributed by atoms with van der Waals surface area (Å²) in [5.74, 6) is 0. The van der Waals surface area contributed by atoms with Gasteiger partial charge in [0.15, 0.2) is 0 Å². The van der Waals surface area contributed by atoms with Crippen molar-refractivity contribution in [3.63, 3.8) is 0 Å². The van der Waals surface area contributed by atoms with Gasteiger partial charge in [-0.25, -0.2) is 0 Å². The highest BCUT2D eigenvalue weighted by Crippen LogP contribution is 2.07. The molecule has 0 aliphatic heterocycles. The van der Waals surface area contributed by atoms with E-state index in [4.69, 9.17) is 0 Å². The molecular weight excluding hydrogens is 308 g/mol. The average molecular weight is 321 g/mol. The Morgan fingerprint density at radius 3 is 0.316 bits per heavy atom. The van der Waals surface area contributed by atoms with E-state index in [0.717, 1.165) is 0 Å². The minimum absolute atomic E-state index is 2.00. The molecule has 0 atom stereocenters. The number of rotatable bonds is 0. The Morgan fingerprint density at radius 1 is 0.316 bits per heavy atom. The van der Waals surface area contributed by atoms with Crippen LogP contribution in [0.15, 0.2) is 0 Å². The first kappa shape index (κ1) is 31.0. The Labute approximate surface area is 102 Å². The lowest BCUT2D eigenvalue weighted by Gasteiger charge is -1.94. The summed E-state index contributed by atoms with van der Waals surface area (Å²) in [7, 11) is -18.0. The molecule has 19 heavy (non-hydrogen) atoms. The molecule has 0 aliphatic carbocycles. The molecule has 0 saturated heterocycles. The predicted octanol–water partition coefficient (Wildman–Crippen LogP) is 5.95. The number of halogens is 12. The lowest BCUT2D eigenvalue weighted by molar-refractivity contribution is 0.366. The topological polar surface area (TPSA) is 0 Å². The Kier molecular flexibility index (Phi) is 25.1. The molecule has 0 nitrogen and oxygen atoms in total. The Morgan fingerprint density at radius 2 is 0.316 bits per heavy atom. The molecule has 0 heterocycles. The first-order valence-electron chi connectivity index (χ1n) is 4.62. The maximum absolute atomic E-state index is 9.75. The van der Waals surface area contributed by atoms with Gasteiger partial charge < -0.3 is 51.8 Å². The average Bonchev–Trinajstić information content (AvgIpc) is 2.01. The molecule has 0 aromatic heterocycles. The number of hydrogen-bond acceptors (Lipinski definition) is 0. The van der Waals surface area contributed by atoms with Crippen LogP contribution in [-0.4, -0.2) is 21.8 Å². The Hall–Kier alpha value is -0.645. The van der Waals surface area contributed by atoms with Gasteiger partial charge in [-0.2, -0.15) is 0 Å². The van der Waals surface area contributed by atoms with Crippen LogP contribution in [0.3, 0.4) is 0 Å². The van der Waals surface area contributed by atoms with Crippen molar-refractivity contribution in [2.24, 2.45) is 0 Å². The van der Waals surface area contributed by atoms with E-state index in [-0.39, 0.29) is 0 Å². The molecule has 0 aromatic carbocycles. The summed E-state index contributed by atoms with van der Waals surface area (Å²) in [4.78, 5) is 0. The summed E-state index contributed by atoms with van der Waals surface area (Å²) in [6.07, 6.45) is 0. The van der Waals surface area contributed by atoms with Crippen molar-refractivity contribution in [3.8, 4) is 0 Å². The van der Waals surface area contributed by atoms with Crippen LogP contribution in [0.4, 0.5) is 51.8 Å². The monoisotopic (exact) mass is 321 g/mol. The molecule has 0 radical (unpaired) electrons. The molecular formula is C4H12B3F12-3. The van der Waals surface area contributed by atoms with Crippen molar-refractivity contribution in [1.29, 1.82) is 0 Å². The molecule has 0 fully saturated rings. The van der Waals surface area contributed by atoms with E-state index in [2.05, 4.69) is 0 Å². The molecule has 0 spiro atoms. The molecule has 0 saturated carbocycles. The second-order valence-corrected chi connectivity index (χ2v) is 1.48. The zero-order valence-corrected chi connectivity index (χ0v) is 10.3. The normalized spacial score (nSPS) is 10.1. The molecule has 0 bridgehead atoms. The van der Waals surface area contributed by atoms with Gasteiger partial charge in [0.05, 0.1) is 0 Å². The maximum atomic E-state index is 9.75. The fourth-order valence-corrected chi connectivity index (χ4v) is 0. The lowest BCUT2D eigenvalue weighted by Crippen LogP contribution is -2.02. The summed E-state index contributed by atoms with van der Waals surface area (Å²) < 4.78 is 117. The lowest BCUT2D eigenvalue weighted by atomic mass is 10.3. The largest absolute Gasteiger partial charge is 0.673 e. The highest BCUT2D eigenvalue weighted by Gasteiger charge is 2.21. The van der Waals surface area contributed by atoms with Crippen molar-refractivity contribution in [2.45, 2.75) is 27.7 Å². The smallest absolute Gasteiger partial charge is 0.418 e. The van der Waals surface area contributed by atoms with E-state index >= 15 is 0 Å². The van der Waals surface area contributed by atoms with Crippen LogP contribution in [0.25, 0.3) is 0 Å². The summed E-state index contributed by atoms with van der Waals surface area (Å²) in [5, 5.41) is 0. The molecule has 0 amide bonds. The second-order valence-electron chi connectivity index (χ2n) is 1.48. The van der Waals surface area contributed by atoms with Crippen molar-refractivity contribution in [1.82, 2.24) is 0 Å².